The van der Waals surface area contributed by atoms with Gasteiger partial charge in [0.25, 0.3) is 0 Å². The zero-order valence-electron chi connectivity index (χ0n) is 15.4. The minimum Gasteiger partial charge on any atom is -0.490 e. The molecule has 1 spiro atoms. The lowest BCUT2D eigenvalue weighted by Crippen LogP contribution is -2.34. The van der Waals surface area contributed by atoms with Crippen molar-refractivity contribution in [2.75, 3.05) is 32.8 Å². The van der Waals surface area contributed by atoms with Crippen LogP contribution in [-0.2, 0) is 11.2 Å². The topological polar surface area (TPSA) is 59.6 Å². The molecular formula is C20H30N2O3. The molecule has 1 aromatic rings. The van der Waals surface area contributed by atoms with Gasteiger partial charge in [-0.2, -0.15) is 0 Å². The molecule has 1 aliphatic heterocycles. The number of hydrogen-bond donors (Lipinski definition) is 2. The minimum absolute atomic E-state index is 0.230. The predicted molar refractivity (Wildman–Crippen MR) is 98.1 cm³/mol. The summed E-state index contributed by atoms with van der Waals surface area (Å²) in [5, 5.41) is 6.50. The molecule has 1 saturated carbocycles. The van der Waals surface area contributed by atoms with Crippen LogP contribution in [0.2, 0.25) is 0 Å². The Labute approximate surface area is 150 Å². The molecule has 2 N–H and O–H groups in total. The smallest absolute Gasteiger partial charge is 0.223 e. The van der Waals surface area contributed by atoms with Crippen molar-refractivity contribution in [2.24, 2.45) is 11.3 Å². The van der Waals surface area contributed by atoms with Gasteiger partial charge in [-0.25, -0.2) is 0 Å². The number of rotatable bonds is 8. The van der Waals surface area contributed by atoms with E-state index in [0.29, 0.717) is 25.2 Å². The summed E-state index contributed by atoms with van der Waals surface area (Å²) in [6.45, 7) is 7.93. The van der Waals surface area contributed by atoms with Gasteiger partial charge in [-0.3, -0.25) is 4.79 Å². The van der Waals surface area contributed by atoms with Gasteiger partial charge < -0.3 is 20.1 Å². The molecule has 1 saturated heterocycles. The summed E-state index contributed by atoms with van der Waals surface area (Å²) in [4.78, 5) is 12.4. The Hall–Kier alpha value is -1.75. The number of hydrogen-bond acceptors (Lipinski definition) is 4. The lowest BCUT2D eigenvalue weighted by Gasteiger charge is -2.23. The molecule has 25 heavy (non-hydrogen) atoms. The Morgan fingerprint density at radius 3 is 2.64 bits per heavy atom. The van der Waals surface area contributed by atoms with Crippen molar-refractivity contribution in [3.63, 3.8) is 0 Å². The molecule has 1 amide bonds. The summed E-state index contributed by atoms with van der Waals surface area (Å²) in [5.41, 5.74) is 1.45. The molecule has 0 aromatic heterocycles. The van der Waals surface area contributed by atoms with Crippen LogP contribution < -0.4 is 20.1 Å². The first-order valence-corrected chi connectivity index (χ1v) is 9.55. The zero-order valence-corrected chi connectivity index (χ0v) is 15.4. The van der Waals surface area contributed by atoms with Gasteiger partial charge in [0, 0.05) is 12.5 Å². The van der Waals surface area contributed by atoms with E-state index in [2.05, 4.69) is 10.6 Å². The van der Waals surface area contributed by atoms with Gasteiger partial charge in [-0.05, 0) is 75.7 Å². The first kappa shape index (κ1) is 18.1. The largest absolute Gasteiger partial charge is 0.490 e. The van der Waals surface area contributed by atoms with Crippen molar-refractivity contribution in [1.82, 2.24) is 10.6 Å². The normalized spacial score (nSPS) is 21.0. The first-order chi connectivity index (χ1) is 12.2. The van der Waals surface area contributed by atoms with Gasteiger partial charge in [-0.15, -0.1) is 0 Å². The minimum atomic E-state index is 0.230. The molecule has 1 atom stereocenters. The van der Waals surface area contributed by atoms with E-state index in [4.69, 9.17) is 9.47 Å². The average molecular weight is 346 g/mol. The van der Waals surface area contributed by atoms with Gasteiger partial charge in [0.2, 0.25) is 5.91 Å². The number of benzene rings is 1. The summed E-state index contributed by atoms with van der Waals surface area (Å²) in [7, 11) is 0. The molecule has 0 radical (unpaired) electrons. The summed E-state index contributed by atoms with van der Waals surface area (Å²) < 4.78 is 11.3. The van der Waals surface area contributed by atoms with Crippen molar-refractivity contribution in [2.45, 2.75) is 39.5 Å². The molecule has 2 aliphatic rings. The van der Waals surface area contributed by atoms with Crippen molar-refractivity contribution in [3.8, 4) is 11.5 Å². The van der Waals surface area contributed by atoms with Crippen LogP contribution in [0.4, 0.5) is 0 Å². The van der Waals surface area contributed by atoms with E-state index >= 15 is 0 Å². The number of amides is 1. The fourth-order valence-electron chi connectivity index (χ4n) is 3.90. The van der Waals surface area contributed by atoms with Crippen LogP contribution in [0.1, 0.15) is 38.7 Å². The SMILES string of the molecule is CCOc1ccc(CCNC(=O)C2CC23CCNCC3)cc1OCC. The highest BCUT2D eigenvalue weighted by atomic mass is 16.5. The molecule has 0 bridgehead atoms. The number of ether oxygens (including phenoxy) is 2. The highest BCUT2D eigenvalue weighted by Crippen LogP contribution is 2.58. The summed E-state index contributed by atoms with van der Waals surface area (Å²) in [5.74, 6) is 2.03. The van der Waals surface area contributed by atoms with Crippen LogP contribution in [0.25, 0.3) is 0 Å². The summed E-state index contributed by atoms with van der Waals surface area (Å²) in [6, 6.07) is 6.02. The van der Waals surface area contributed by atoms with E-state index in [9.17, 15) is 4.79 Å². The number of carbonyl (C=O) groups is 1. The van der Waals surface area contributed by atoms with Crippen molar-refractivity contribution >= 4 is 5.91 Å². The number of carbonyl (C=O) groups excluding carboxylic acids is 1. The summed E-state index contributed by atoms with van der Waals surface area (Å²) >= 11 is 0. The van der Waals surface area contributed by atoms with Gasteiger partial charge in [0.15, 0.2) is 11.5 Å². The average Bonchev–Trinajstić information content (AvgIpc) is 3.31. The second kappa shape index (κ2) is 8.09. The Morgan fingerprint density at radius 2 is 1.92 bits per heavy atom. The monoisotopic (exact) mass is 346 g/mol. The maximum Gasteiger partial charge on any atom is 0.223 e. The van der Waals surface area contributed by atoms with Crippen LogP contribution in [-0.4, -0.2) is 38.8 Å². The molecule has 3 rings (SSSR count). The standard InChI is InChI=1S/C20H30N2O3/c1-3-24-17-6-5-15(13-18(17)25-4-2)7-10-22-19(23)16-14-20(16)8-11-21-12-9-20/h5-6,13,16,21H,3-4,7-12,14H2,1-2H3,(H,22,23). The predicted octanol–water partition coefficient (Wildman–Crippen LogP) is 2.53. The van der Waals surface area contributed by atoms with Crippen LogP contribution in [0, 0.1) is 11.3 Å². The Kier molecular flexibility index (Phi) is 5.84. The van der Waals surface area contributed by atoms with Crippen LogP contribution in [0.15, 0.2) is 18.2 Å². The molecule has 2 fully saturated rings. The lowest BCUT2D eigenvalue weighted by atomic mass is 9.92. The molecule has 1 heterocycles. The quantitative estimate of drug-likeness (QED) is 0.759. The fourth-order valence-corrected chi connectivity index (χ4v) is 3.90. The molecule has 138 valence electrons. The van der Waals surface area contributed by atoms with E-state index in [1.54, 1.807) is 0 Å². The van der Waals surface area contributed by atoms with E-state index < -0.39 is 0 Å². The molecule has 1 aromatic carbocycles. The van der Waals surface area contributed by atoms with Crippen LogP contribution in [0.3, 0.4) is 0 Å². The maximum absolute atomic E-state index is 12.4. The molecule has 1 unspecified atom stereocenters. The van der Waals surface area contributed by atoms with Crippen molar-refractivity contribution in [3.05, 3.63) is 23.8 Å². The van der Waals surface area contributed by atoms with Crippen LogP contribution in [0.5, 0.6) is 11.5 Å². The van der Waals surface area contributed by atoms with Gasteiger partial charge in [0.05, 0.1) is 13.2 Å². The van der Waals surface area contributed by atoms with Crippen LogP contribution >= 0.6 is 0 Å². The zero-order chi connectivity index (χ0) is 17.7. The van der Waals surface area contributed by atoms with E-state index in [1.165, 1.54) is 0 Å². The summed E-state index contributed by atoms with van der Waals surface area (Å²) in [6.07, 6.45) is 4.15. The Bertz CT molecular complexity index is 597. The molecule has 1 aliphatic carbocycles. The number of nitrogens with one attached hydrogen (secondary N) is 2. The molecular weight excluding hydrogens is 316 g/mol. The lowest BCUT2D eigenvalue weighted by molar-refractivity contribution is -0.123. The highest BCUT2D eigenvalue weighted by molar-refractivity contribution is 5.82. The Balaban J connectivity index is 1.48. The fraction of sp³-hybridized carbons (Fsp3) is 0.650. The van der Waals surface area contributed by atoms with Gasteiger partial charge >= 0.3 is 0 Å². The third-order valence-corrected chi connectivity index (χ3v) is 5.43. The Morgan fingerprint density at radius 1 is 1.20 bits per heavy atom. The second-order valence-corrected chi connectivity index (χ2v) is 7.06. The van der Waals surface area contributed by atoms with Crippen molar-refractivity contribution in [1.29, 1.82) is 0 Å². The van der Waals surface area contributed by atoms with E-state index in [0.717, 1.165) is 55.8 Å². The first-order valence-electron chi connectivity index (χ1n) is 9.55. The molecule has 5 heteroatoms. The third-order valence-electron chi connectivity index (χ3n) is 5.43. The van der Waals surface area contributed by atoms with Gasteiger partial charge in [0.1, 0.15) is 0 Å². The number of piperidine rings is 1. The second-order valence-electron chi connectivity index (χ2n) is 7.06. The highest BCUT2D eigenvalue weighted by Gasteiger charge is 2.57. The van der Waals surface area contributed by atoms with Crippen molar-refractivity contribution < 1.29 is 14.3 Å². The van der Waals surface area contributed by atoms with Gasteiger partial charge in [-0.1, -0.05) is 6.07 Å². The van der Waals surface area contributed by atoms with E-state index in [-0.39, 0.29) is 11.8 Å². The maximum atomic E-state index is 12.4. The molecule has 5 nitrogen and oxygen atoms in total. The third kappa shape index (κ3) is 4.27. The van der Waals surface area contributed by atoms with E-state index in [1.807, 2.05) is 32.0 Å².